The van der Waals surface area contributed by atoms with Crippen LogP contribution in [-0.2, 0) is 0 Å². The van der Waals surface area contributed by atoms with Crippen LogP contribution in [0, 0.1) is 5.92 Å². The van der Waals surface area contributed by atoms with E-state index in [0.717, 1.165) is 5.84 Å². The summed E-state index contributed by atoms with van der Waals surface area (Å²) < 4.78 is 0. The lowest BCUT2D eigenvalue weighted by Gasteiger charge is -2.05. The molecule has 0 radical (unpaired) electrons. The Kier molecular flexibility index (Phi) is 4.45. The van der Waals surface area contributed by atoms with E-state index in [1.807, 2.05) is 13.8 Å². The Labute approximate surface area is 61.4 Å². The van der Waals surface area contributed by atoms with Gasteiger partial charge in [-0.05, 0) is 0 Å². The van der Waals surface area contributed by atoms with Crippen LogP contribution >= 0.6 is 0 Å². The van der Waals surface area contributed by atoms with E-state index in [1.165, 1.54) is 0 Å². The number of nitrogens with zero attached hydrogens (tertiary/aromatic N) is 3. The summed E-state index contributed by atoms with van der Waals surface area (Å²) in [6.45, 7) is 4.08. The number of amidine groups is 1. The molecule has 0 bridgehead atoms. The Bertz CT molecular complexity index is 137. The summed E-state index contributed by atoms with van der Waals surface area (Å²) in [7, 11) is 3.34. The number of aliphatic imine (C=N–C) groups is 1. The second kappa shape index (κ2) is 4.90. The van der Waals surface area contributed by atoms with E-state index in [-0.39, 0.29) is 0 Å². The molecule has 0 aromatic carbocycles. The third-order valence-electron chi connectivity index (χ3n) is 1.05. The van der Waals surface area contributed by atoms with E-state index in [0.29, 0.717) is 5.92 Å². The molecule has 0 rings (SSSR count). The minimum atomic E-state index is 0.371. The first kappa shape index (κ1) is 9.07. The van der Waals surface area contributed by atoms with E-state index in [2.05, 4.69) is 20.8 Å². The highest BCUT2D eigenvalue weighted by atomic mass is 15.4. The second-order valence-electron chi connectivity index (χ2n) is 2.18. The van der Waals surface area contributed by atoms with Gasteiger partial charge in [-0.15, -0.1) is 0 Å². The van der Waals surface area contributed by atoms with E-state index in [4.69, 9.17) is 0 Å². The second-order valence-corrected chi connectivity index (χ2v) is 2.18. The number of nitrogens with one attached hydrogen (secondary N) is 1. The summed E-state index contributed by atoms with van der Waals surface area (Å²) in [4.78, 5) is 3.98. The fourth-order valence-electron chi connectivity index (χ4n) is 0.539. The Hall–Kier alpha value is -0.930. The first-order valence-electron chi connectivity index (χ1n) is 3.24. The van der Waals surface area contributed by atoms with E-state index in [1.54, 1.807) is 14.1 Å². The highest BCUT2D eigenvalue weighted by Crippen LogP contribution is 1.92. The lowest BCUT2D eigenvalue weighted by molar-refractivity contribution is 0.780. The monoisotopic (exact) mass is 142 g/mol. The van der Waals surface area contributed by atoms with Crippen LogP contribution in [0.4, 0.5) is 0 Å². The fraction of sp³-hybridized carbons (Fsp3) is 0.833. The predicted molar refractivity (Wildman–Crippen MR) is 42.1 cm³/mol. The number of hydrogen-bond donors (Lipinski definition) is 1. The van der Waals surface area contributed by atoms with Crippen molar-refractivity contribution >= 4 is 5.84 Å². The van der Waals surface area contributed by atoms with Gasteiger partial charge in [-0.2, -0.15) is 5.11 Å². The van der Waals surface area contributed by atoms with Gasteiger partial charge in [0, 0.05) is 13.0 Å². The van der Waals surface area contributed by atoms with Crippen molar-refractivity contribution in [3.05, 3.63) is 0 Å². The molecule has 0 aliphatic carbocycles. The van der Waals surface area contributed by atoms with Crippen LogP contribution in [0.25, 0.3) is 0 Å². The quantitative estimate of drug-likeness (QED) is 0.268. The van der Waals surface area contributed by atoms with Gasteiger partial charge in [-0.1, -0.05) is 19.1 Å². The third kappa shape index (κ3) is 3.17. The molecular weight excluding hydrogens is 128 g/mol. The summed E-state index contributed by atoms with van der Waals surface area (Å²) in [5, 5.41) is 7.15. The summed E-state index contributed by atoms with van der Waals surface area (Å²) in [6.07, 6.45) is 0. The Morgan fingerprint density at radius 2 is 1.90 bits per heavy atom. The van der Waals surface area contributed by atoms with E-state index in [9.17, 15) is 0 Å². The SMILES string of the molecule is CN=NNC(=NC)C(C)C. The van der Waals surface area contributed by atoms with Gasteiger partial charge in [-0.25, -0.2) is 5.43 Å². The first-order chi connectivity index (χ1) is 4.72. The number of hydrogen-bond acceptors (Lipinski definition) is 3. The molecule has 0 spiro atoms. The molecule has 4 heteroatoms. The molecule has 0 aromatic rings. The van der Waals surface area contributed by atoms with Gasteiger partial charge >= 0.3 is 0 Å². The molecule has 0 heterocycles. The van der Waals surface area contributed by atoms with Crippen LogP contribution < -0.4 is 5.43 Å². The normalized spacial score (nSPS) is 13.1. The van der Waals surface area contributed by atoms with Gasteiger partial charge in [0.05, 0.1) is 7.05 Å². The van der Waals surface area contributed by atoms with Gasteiger partial charge < -0.3 is 0 Å². The van der Waals surface area contributed by atoms with Crippen molar-refractivity contribution in [3.63, 3.8) is 0 Å². The maximum absolute atomic E-state index is 3.98. The van der Waals surface area contributed by atoms with Crippen LogP contribution in [-0.4, -0.2) is 19.9 Å². The zero-order valence-electron chi connectivity index (χ0n) is 6.92. The van der Waals surface area contributed by atoms with Crippen molar-refractivity contribution in [2.24, 2.45) is 21.2 Å². The maximum Gasteiger partial charge on any atom is 0.120 e. The van der Waals surface area contributed by atoms with Crippen molar-refractivity contribution in [1.82, 2.24) is 5.43 Å². The van der Waals surface area contributed by atoms with Gasteiger partial charge in [0.15, 0.2) is 0 Å². The third-order valence-corrected chi connectivity index (χ3v) is 1.05. The topological polar surface area (TPSA) is 49.1 Å². The maximum atomic E-state index is 3.98. The van der Waals surface area contributed by atoms with Crippen LogP contribution in [0.1, 0.15) is 13.8 Å². The molecule has 10 heavy (non-hydrogen) atoms. The summed E-state index contributed by atoms with van der Waals surface area (Å²) >= 11 is 0. The molecule has 4 nitrogen and oxygen atoms in total. The molecule has 0 saturated heterocycles. The zero-order chi connectivity index (χ0) is 7.98. The number of rotatable bonds is 2. The van der Waals surface area contributed by atoms with Crippen LogP contribution in [0.3, 0.4) is 0 Å². The van der Waals surface area contributed by atoms with Gasteiger partial charge in [0.25, 0.3) is 0 Å². The first-order valence-corrected chi connectivity index (χ1v) is 3.24. The van der Waals surface area contributed by atoms with Crippen molar-refractivity contribution in [2.75, 3.05) is 14.1 Å². The zero-order valence-corrected chi connectivity index (χ0v) is 6.92. The Balaban J connectivity index is 3.86. The Morgan fingerprint density at radius 1 is 1.30 bits per heavy atom. The minimum Gasteiger partial charge on any atom is -0.274 e. The lowest BCUT2D eigenvalue weighted by Crippen LogP contribution is -2.22. The Morgan fingerprint density at radius 3 is 2.20 bits per heavy atom. The molecule has 0 fully saturated rings. The van der Waals surface area contributed by atoms with Crippen LogP contribution in [0.2, 0.25) is 0 Å². The average Bonchev–Trinajstić information content (AvgIpc) is 1.89. The highest BCUT2D eigenvalue weighted by Gasteiger charge is 2.00. The molecule has 0 unspecified atom stereocenters. The molecule has 0 aliphatic rings. The van der Waals surface area contributed by atoms with Gasteiger partial charge in [0.1, 0.15) is 5.84 Å². The van der Waals surface area contributed by atoms with Crippen LogP contribution in [0.5, 0.6) is 0 Å². The molecular formula is C6H14N4. The summed E-state index contributed by atoms with van der Waals surface area (Å²) in [5.74, 6) is 1.22. The minimum absolute atomic E-state index is 0.371. The van der Waals surface area contributed by atoms with Crippen molar-refractivity contribution in [1.29, 1.82) is 0 Å². The largest absolute Gasteiger partial charge is 0.274 e. The fourth-order valence-corrected chi connectivity index (χ4v) is 0.539. The highest BCUT2D eigenvalue weighted by molar-refractivity contribution is 5.83. The summed E-state index contributed by atoms with van der Waals surface area (Å²) in [5.41, 5.74) is 2.73. The molecule has 1 N–H and O–H groups in total. The molecule has 0 atom stereocenters. The van der Waals surface area contributed by atoms with Crippen LogP contribution in [0.15, 0.2) is 15.3 Å². The van der Waals surface area contributed by atoms with Crippen molar-refractivity contribution in [2.45, 2.75) is 13.8 Å². The van der Waals surface area contributed by atoms with Crippen molar-refractivity contribution < 1.29 is 0 Å². The smallest absolute Gasteiger partial charge is 0.120 e. The van der Waals surface area contributed by atoms with Gasteiger partial charge in [-0.3, -0.25) is 4.99 Å². The van der Waals surface area contributed by atoms with Crippen molar-refractivity contribution in [3.8, 4) is 0 Å². The molecule has 0 saturated carbocycles. The predicted octanol–water partition coefficient (Wildman–Crippen LogP) is 1.26. The standard InChI is InChI=1S/C6H14N4/c1-5(2)6(7-3)9-10-8-4/h5H,1-4H3,(H,7,8,9). The molecule has 0 aromatic heterocycles. The average molecular weight is 142 g/mol. The molecule has 58 valence electrons. The lowest BCUT2D eigenvalue weighted by atomic mass is 10.2. The molecule has 0 amide bonds. The summed E-state index contributed by atoms with van der Waals surface area (Å²) in [6, 6.07) is 0. The molecule has 0 aliphatic heterocycles. The van der Waals surface area contributed by atoms with Gasteiger partial charge in [0.2, 0.25) is 0 Å². The van der Waals surface area contributed by atoms with E-state index < -0.39 is 0 Å². The van der Waals surface area contributed by atoms with E-state index >= 15 is 0 Å².